The molecule has 0 saturated heterocycles. The maximum atomic E-state index is 11.7. The zero-order valence-electron chi connectivity index (χ0n) is 7.86. The number of carbonyl (C=O) groups excluding carboxylic acids is 2. The summed E-state index contributed by atoms with van der Waals surface area (Å²) in [4.78, 5) is 28.4. The van der Waals surface area contributed by atoms with Gasteiger partial charge in [0, 0.05) is 18.9 Å². The van der Waals surface area contributed by atoms with E-state index in [1.807, 2.05) is 6.92 Å². The van der Waals surface area contributed by atoms with Gasteiger partial charge in [0.2, 0.25) is 0 Å². The molecule has 0 spiro atoms. The lowest BCUT2D eigenvalue weighted by atomic mass is 10.2. The minimum absolute atomic E-state index is 0.200. The average molecular weight is 190 g/mol. The molecule has 1 aromatic heterocycles. The van der Waals surface area contributed by atoms with E-state index in [1.165, 1.54) is 17.3 Å². The minimum atomic E-state index is -0.222. The Labute approximate surface area is 81.6 Å². The van der Waals surface area contributed by atoms with Crippen molar-refractivity contribution in [2.75, 3.05) is 6.54 Å². The van der Waals surface area contributed by atoms with Gasteiger partial charge in [-0.3, -0.25) is 19.5 Å². The number of hydrogen-bond acceptors (Lipinski definition) is 3. The van der Waals surface area contributed by atoms with Crippen molar-refractivity contribution in [3.05, 3.63) is 29.6 Å². The number of rotatable bonds is 2. The van der Waals surface area contributed by atoms with Gasteiger partial charge in [-0.1, -0.05) is 6.92 Å². The van der Waals surface area contributed by atoms with Crippen molar-refractivity contribution in [2.24, 2.45) is 0 Å². The number of hydrogen-bond donors (Lipinski definition) is 0. The summed E-state index contributed by atoms with van der Waals surface area (Å²) in [6, 6.07) is 1.59. The van der Waals surface area contributed by atoms with Crippen LogP contribution in [-0.4, -0.2) is 28.2 Å². The molecule has 0 unspecified atom stereocenters. The van der Waals surface area contributed by atoms with Crippen molar-refractivity contribution in [1.29, 1.82) is 0 Å². The zero-order chi connectivity index (χ0) is 10.1. The minimum Gasteiger partial charge on any atom is -0.274 e. The van der Waals surface area contributed by atoms with Crippen LogP contribution in [0.4, 0.5) is 0 Å². The summed E-state index contributed by atoms with van der Waals surface area (Å²) in [7, 11) is 0. The fraction of sp³-hybridized carbons (Fsp3) is 0.300. The van der Waals surface area contributed by atoms with Crippen molar-refractivity contribution in [2.45, 2.75) is 13.3 Å². The first-order chi connectivity index (χ1) is 6.75. The lowest BCUT2D eigenvalue weighted by Gasteiger charge is -2.10. The summed E-state index contributed by atoms with van der Waals surface area (Å²) in [6.07, 6.45) is 3.75. The van der Waals surface area contributed by atoms with Crippen LogP contribution in [0, 0.1) is 0 Å². The second kappa shape index (κ2) is 3.21. The summed E-state index contributed by atoms with van der Waals surface area (Å²) in [5.41, 5.74) is 0.893. The smallest absolute Gasteiger partial charge is 0.263 e. The van der Waals surface area contributed by atoms with Gasteiger partial charge in [0.25, 0.3) is 11.8 Å². The van der Waals surface area contributed by atoms with Gasteiger partial charge in [0.05, 0.1) is 11.1 Å². The highest BCUT2D eigenvalue weighted by Gasteiger charge is 2.34. The van der Waals surface area contributed by atoms with Crippen molar-refractivity contribution < 1.29 is 9.59 Å². The van der Waals surface area contributed by atoms with Gasteiger partial charge in [0.15, 0.2) is 0 Å². The molecular weight excluding hydrogens is 180 g/mol. The van der Waals surface area contributed by atoms with Gasteiger partial charge in [-0.05, 0) is 12.5 Å². The Morgan fingerprint density at radius 3 is 2.64 bits per heavy atom. The first kappa shape index (κ1) is 8.87. The highest BCUT2D eigenvalue weighted by atomic mass is 16.2. The monoisotopic (exact) mass is 190 g/mol. The van der Waals surface area contributed by atoms with E-state index < -0.39 is 0 Å². The van der Waals surface area contributed by atoms with Crippen LogP contribution in [0.25, 0.3) is 0 Å². The predicted octanol–water partition coefficient (Wildman–Crippen LogP) is 1.09. The predicted molar refractivity (Wildman–Crippen MR) is 49.9 cm³/mol. The van der Waals surface area contributed by atoms with E-state index in [0.29, 0.717) is 17.7 Å². The van der Waals surface area contributed by atoms with Gasteiger partial charge in [-0.2, -0.15) is 0 Å². The quantitative estimate of drug-likeness (QED) is 0.656. The van der Waals surface area contributed by atoms with Crippen LogP contribution >= 0.6 is 0 Å². The number of carbonyl (C=O) groups is 2. The standard InChI is InChI=1S/C10H10N2O2/c1-2-5-12-9(13)7-3-4-11-6-8(7)10(12)14/h3-4,6H,2,5H2,1H3. The van der Waals surface area contributed by atoms with Crippen LogP contribution in [0.15, 0.2) is 18.5 Å². The molecule has 0 radical (unpaired) electrons. The summed E-state index contributed by atoms with van der Waals surface area (Å²) >= 11 is 0. The molecule has 1 aliphatic heterocycles. The van der Waals surface area contributed by atoms with E-state index in [1.54, 1.807) is 6.07 Å². The highest BCUT2D eigenvalue weighted by molar-refractivity contribution is 6.21. The van der Waals surface area contributed by atoms with Crippen molar-refractivity contribution in [3.63, 3.8) is 0 Å². The first-order valence-corrected chi connectivity index (χ1v) is 4.56. The Bertz CT molecular complexity index is 366. The van der Waals surface area contributed by atoms with Crippen molar-refractivity contribution >= 4 is 11.8 Å². The molecule has 4 nitrogen and oxygen atoms in total. The topological polar surface area (TPSA) is 50.3 Å². The van der Waals surface area contributed by atoms with Crippen LogP contribution in [0.2, 0.25) is 0 Å². The third-order valence-electron chi connectivity index (χ3n) is 2.22. The van der Waals surface area contributed by atoms with Gasteiger partial charge >= 0.3 is 0 Å². The summed E-state index contributed by atoms with van der Waals surface area (Å²) in [5.74, 6) is -0.422. The maximum Gasteiger partial charge on any atom is 0.263 e. The largest absolute Gasteiger partial charge is 0.274 e. The second-order valence-electron chi connectivity index (χ2n) is 3.18. The molecule has 2 rings (SSSR count). The fourth-order valence-corrected chi connectivity index (χ4v) is 1.56. The van der Waals surface area contributed by atoms with Gasteiger partial charge in [-0.15, -0.1) is 0 Å². The molecule has 1 aliphatic rings. The summed E-state index contributed by atoms with van der Waals surface area (Å²) in [6.45, 7) is 2.41. The van der Waals surface area contributed by atoms with Crippen LogP contribution in [-0.2, 0) is 0 Å². The molecule has 0 aromatic carbocycles. The Kier molecular flexibility index (Phi) is 2.04. The van der Waals surface area contributed by atoms with E-state index in [9.17, 15) is 9.59 Å². The first-order valence-electron chi connectivity index (χ1n) is 4.56. The molecule has 14 heavy (non-hydrogen) atoms. The Balaban J connectivity index is 2.43. The lowest BCUT2D eigenvalue weighted by molar-refractivity contribution is 0.0654. The molecule has 0 bridgehead atoms. The number of imide groups is 1. The molecular formula is C10H10N2O2. The summed E-state index contributed by atoms with van der Waals surface area (Å²) in [5, 5.41) is 0. The van der Waals surface area contributed by atoms with E-state index in [4.69, 9.17) is 0 Å². The Morgan fingerprint density at radius 2 is 2.00 bits per heavy atom. The van der Waals surface area contributed by atoms with Crippen molar-refractivity contribution in [3.8, 4) is 0 Å². The number of fused-ring (bicyclic) bond motifs is 1. The lowest BCUT2D eigenvalue weighted by Crippen LogP contribution is -2.30. The molecule has 0 aliphatic carbocycles. The molecule has 2 amide bonds. The van der Waals surface area contributed by atoms with Crippen LogP contribution < -0.4 is 0 Å². The van der Waals surface area contributed by atoms with E-state index >= 15 is 0 Å². The molecule has 4 heteroatoms. The SMILES string of the molecule is CCCN1C(=O)c2ccncc2C1=O. The molecule has 2 heterocycles. The van der Waals surface area contributed by atoms with Gasteiger partial charge in [-0.25, -0.2) is 0 Å². The molecule has 72 valence electrons. The van der Waals surface area contributed by atoms with E-state index in [2.05, 4.69) is 4.98 Å². The maximum absolute atomic E-state index is 11.7. The van der Waals surface area contributed by atoms with Crippen LogP contribution in [0.5, 0.6) is 0 Å². The number of amides is 2. The van der Waals surface area contributed by atoms with Gasteiger partial charge in [0.1, 0.15) is 0 Å². The number of aromatic nitrogens is 1. The molecule has 0 fully saturated rings. The normalized spacial score (nSPS) is 14.8. The van der Waals surface area contributed by atoms with E-state index in [0.717, 1.165) is 6.42 Å². The molecule has 0 N–H and O–H groups in total. The number of nitrogens with zero attached hydrogens (tertiary/aromatic N) is 2. The highest BCUT2D eigenvalue weighted by Crippen LogP contribution is 2.21. The van der Waals surface area contributed by atoms with Crippen molar-refractivity contribution in [1.82, 2.24) is 9.88 Å². The third kappa shape index (κ3) is 1.11. The number of pyridine rings is 1. The van der Waals surface area contributed by atoms with Crippen LogP contribution in [0.1, 0.15) is 34.1 Å². The average Bonchev–Trinajstić information content (AvgIpc) is 2.45. The zero-order valence-corrected chi connectivity index (χ0v) is 7.86. The second-order valence-corrected chi connectivity index (χ2v) is 3.18. The van der Waals surface area contributed by atoms with Crippen LogP contribution in [0.3, 0.4) is 0 Å². The molecule has 0 atom stereocenters. The molecule has 0 saturated carbocycles. The van der Waals surface area contributed by atoms with Gasteiger partial charge < -0.3 is 0 Å². The fourth-order valence-electron chi connectivity index (χ4n) is 1.56. The Hall–Kier alpha value is -1.71. The molecule has 1 aromatic rings. The summed E-state index contributed by atoms with van der Waals surface area (Å²) < 4.78 is 0. The Morgan fingerprint density at radius 1 is 1.29 bits per heavy atom. The third-order valence-corrected chi connectivity index (χ3v) is 2.22. The van der Waals surface area contributed by atoms with E-state index in [-0.39, 0.29) is 11.8 Å².